The van der Waals surface area contributed by atoms with Crippen LogP contribution >= 0.6 is 0 Å². The Labute approximate surface area is 209 Å². The Bertz CT molecular complexity index is 1320. The third-order valence-electron chi connectivity index (χ3n) is 8.23. The van der Waals surface area contributed by atoms with Gasteiger partial charge in [0, 0.05) is 41.2 Å². The first-order valence-electron chi connectivity index (χ1n) is 13.0. The van der Waals surface area contributed by atoms with Crippen molar-refractivity contribution in [1.29, 1.82) is 0 Å². The lowest BCUT2D eigenvalue weighted by molar-refractivity contribution is -0.384. The number of para-hydroxylation sites is 1. The highest BCUT2D eigenvalue weighted by atomic mass is 16.6. The maximum atomic E-state index is 14.0. The quantitative estimate of drug-likeness (QED) is 0.422. The predicted octanol–water partition coefficient (Wildman–Crippen LogP) is 4.87. The molecular weight excluding hydrogens is 456 g/mol. The van der Waals surface area contributed by atoms with Gasteiger partial charge >= 0.3 is 0 Å². The Kier molecular flexibility index (Phi) is 5.74. The van der Waals surface area contributed by atoms with Gasteiger partial charge in [0.15, 0.2) is 0 Å². The van der Waals surface area contributed by atoms with Crippen molar-refractivity contribution < 1.29 is 14.5 Å². The van der Waals surface area contributed by atoms with Crippen molar-refractivity contribution in [1.82, 2.24) is 14.8 Å². The number of nitrogens with one attached hydrogen (secondary N) is 1. The number of carbonyl (C=O) groups excluding carboxylic acids is 2. The minimum atomic E-state index is -0.580. The average molecular weight is 487 g/mol. The predicted molar refractivity (Wildman–Crippen MR) is 135 cm³/mol. The van der Waals surface area contributed by atoms with Crippen molar-refractivity contribution in [3.05, 3.63) is 75.5 Å². The summed E-state index contributed by atoms with van der Waals surface area (Å²) in [5.74, 6) is -0.0302. The highest BCUT2D eigenvalue weighted by Gasteiger charge is 2.49. The molecule has 0 spiro atoms. The molecule has 0 bridgehead atoms. The minimum Gasteiger partial charge on any atom is -0.356 e. The smallest absolute Gasteiger partial charge is 0.269 e. The summed E-state index contributed by atoms with van der Waals surface area (Å²) in [4.78, 5) is 45.7. The van der Waals surface area contributed by atoms with Crippen molar-refractivity contribution in [3.8, 4) is 0 Å². The molecule has 3 heterocycles. The molecule has 6 rings (SSSR count). The highest BCUT2D eigenvalue weighted by Crippen LogP contribution is 2.43. The van der Waals surface area contributed by atoms with Gasteiger partial charge in [-0.05, 0) is 42.2 Å². The molecule has 3 aromatic rings. The van der Waals surface area contributed by atoms with Gasteiger partial charge in [0.25, 0.3) is 5.69 Å². The van der Waals surface area contributed by atoms with Crippen LogP contribution in [0.25, 0.3) is 10.9 Å². The summed E-state index contributed by atoms with van der Waals surface area (Å²) in [6.45, 7) is 0.0963. The topological polar surface area (TPSA) is 99.5 Å². The van der Waals surface area contributed by atoms with E-state index in [9.17, 15) is 19.7 Å². The molecule has 1 aromatic heterocycles. The van der Waals surface area contributed by atoms with E-state index < -0.39 is 17.0 Å². The van der Waals surface area contributed by atoms with Gasteiger partial charge < -0.3 is 14.8 Å². The number of aromatic amines is 1. The third-order valence-corrected chi connectivity index (χ3v) is 8.23. The van der Waals surface area contributed by atoms with Crippen LogP contribution in [0.1, 0.15) is 67.8 Å². The number of rotatable bonds is 3. The molecule has 3 aliphatic rings. The van der Waals surface area contributed by atoms with Crippen LogP contribution in [0.5, 0.6) is 0 Å². The molecule has 2 fully saturated rings. The van der Waals surface area contributed by atoms with Crippen LogP contribution in [0, 0.1) is 10.1 Å². The molecule has 186 valence electrons. The number of H-pyrrole nitrogens is 1. The Hall–Kier alpha value is -3.68. The summed E-state index contributed by atoms with van der Waals surface area (Å²) in [5, 5.41) is 12.3. The molecule has 1 saturated heterocycles. The molecule has 8 heteroatoms. The Morgan fingerprint density at radius 1 is 0.917 bits per heavy atom. The number of hydrogen-bond acceptors (Lipinski definition) is 4. The number of benzene rings is 2. The second kappa shape index (κ2) is 9.08. The second-order valence-corrected chi connectivity index (χ2v) is 10.3. The van der Waals surface area contributed by atoms with E-state index in [4.69, 9.17) is 0 Å². The second-order valence-electron chi connectivity index (χ2n) is 10.3. The van der Waals surface area contributed by atoms with Gasteiger partial charge in [-0.25, -0.2) is 0 Å². The van der Waals surface area contributed by atoms with Crippen LogP contribution in [0.15, 0.2) is 48.5 Å². The fourth-order valence-electron chi connectivity index (χ4n) is 6.47. The Morgan fingerprint density at radius 3 is 2.33 bits per heavy atom. The number of piperazine rings is 1. The summed E-state index contributed by atoms with van der Waals surface area (Å²) in [6, 6.07) is 13.4. The lowest BCUT2D eigenvalue weighted by atomic mass is 9.85. The van der Waals surface area contributed by atoms with Gasteiger partial charge in [-0.3, -0.25) is 19.7 Å². The largest absolute Gasteiger partial charge is 0.356 e. The minimum absolute atomic E-state index is 0.000478. The van der Waals surface area contributed by atoms with E-state index in [1.54, 1.807) is 17.0 Å². The fourth-order valence-corrected chi connectivity index (χ4v) is 6.47. The van der Waals surface area contributed by atoms with E-state index in [-0.39, 0.29) is 30.1 Å². The van der Waals surface area contributed by atoms with Gasteiger partial charge in [-0.15, -0.1) is 0 Å². The molecular formula is C28H30N4O4. The number of amides is 2. The maximum Gasteiger partial charge on any atom is 0.269 e. The van der Waals surface area contributed by atoms with Crippen LogP contribution in [-0.2, 0) is 16.0 Å². The molecule has 36 heavy (non-hydrogen) atoms. The Balaban J connectivity index is 1.43. The summed E-state index contributed by atoms with van der Waals surface area (Å²) >= 11 is 0. The van der Waals surface area contributed by atoms with E-state index >= 15 is 0 Å². The van der Waals surface area contributed by atoms with Gasteiger partial charge in [0.1, 0.15) is 12.6 Å². The first-order valence-corrected chi connectivity index (χ1v) is 13.0. The van der Waals surface area contributed by atoms with E-state index in [1.165, 1.54) is 31.4 Å². The van der Waals surface area contributed by atoms with E-state index in [0.717, 1.165) is 53.4 Å². The standard InChI is InChI=1S/C28H30N4O4/c33-25-17-30(19-8-4-2-1-3-5-9-19)28(34)24-16-22-21-10-6-7-11-23(21)29-26(22)27(31(24)25)18-12-14-20(15-13-18)32(35)36/h6-7,10-15,19,24,27,29H,1-5,8-9,16-17H2/t24-,27+/m1/s1. The maximum absolute atomic E-state index is 14.0. The molecule has 1 aliphatic carbocycles. The molecule has 1 saturated carbocycles. The molecule has 2 atom stereocenters. The summed E-state index contributed by atoms with van der Waals surface area (Å²) in [6.07, 6.45) is 8.18. The molecule has 8 nitrogen and oxygen atoms in total. The lowest BCUT2D eigenvalue weighted by Gasteiger charge is -2.49. The fraction of sp³-hybridized carbons (Fsp3) is 0.429. The highest BCUT2D eigenvalue weighted by molar-refractivity contribution is 5.97. The van der Waals surface area contributed by atoms with Crippen molar-refractivity contribution in [3.63, 3.8) is 0 Å². The molecule has 2 amide bonds. The zero-order valence-corrected chi connectivity index (χ0v) is 20.2. The van der Waals surface area contributed by atoms with Gasteiger partial charge in [-0.2, -0.15) is 0 Å². The van der Waals surface area contributed by atoms with Crippen molar-refractivity contribution in [2.45, 2.75) is 69.5 Å². The van der Waals surface area contributed by atoms with Gasteiger partial charge in [-0.1, -0.05) is 50.3 Å². The van der Waals surface area contributed by atoms with Crippen molar-refractivity contribution in [2.75, 3.05) is 6.54 Å². The van der Waals surface area contributed by atoms with Crippen LogP contribution < -0.4 is 0 Å². The molecule has 2 aliphatic heterocycles. The van der Waals surface area contributed by atoms with Crippen molar-refractivity contribution in [2.24, 2.45) is 0 Å². The van der Waals surface area contributed by atoms with Gasteiger partial charge in [0.2, 0.25) is 11.8 Å². The molecule has 2 aromatic carbocycles. The number of non-ortho nitro benzene ring substituents is 1. The number of nitrogens with zero attached hydrogens (tertiary/aromatic N) is 3. The van der Waals surface area contributed by atoms with Crippen LogP contribution in [0.4, 0.5) is 5.69 Å². The number of hydrogen-bond donors (Lipinski definition) is 1. The SMILES string of the molecule is O=C1[C@H]2Cc3c([nH]c4ccccc34)[C@H](c3ccc([N+](=O)[O-])cc3)N2C(=O)CN1C1CCCCCCC1. The molecule has 0 unspecified atom stereocenters. The van der Waals surface area contributed by atoms with E-state index in [0.29, 0.717) is 6.42 Å². The molecule has 0 radical (unpaired) electrons. The number of carbonyl (C=O) groups is 2. The monoisotopic (exact) mass is 486 g/mol. The van der Waals surface area contributed by atoms with Crippen LogP contribution in [0.3, 0.4) is 0 Å². The van der Waals surface area contributed by atoms with Crippen LogP contribution in [0.2, 0.25) is 0 Å². The number of nitro groups is 1. The number of fused-ring (bicyclic) bond motifs is 4. The van der Waals surface area contributed by atoms with Gasteiger partial charge in [0.05, 0.1) is 11.0 Å². The zero-order valence-electron chi connectivity index (χ0n) is 20.2. The van der Waals surface area contributed by atoms with Crippen molar-refractivity contribution >= 4 is 28.4 Å². The third kappa shape index (κ3) is 3.75. The number of aromatic nitrogens is 1. The summed E-state index contributed by atoms with van der Waals surface area (Å²) in [7, 11) is 0. The average Bonchev–Trinajstić information content (AvgIpc) is 3.23. The summed E-state index contributed by atoms with van der Waals surface area (Å²) in [5.41, 5.74) is 3.67. The lowest BCUT2D eigenvalue weighted by Crippen LogP contribution is -2.64. The van der Waals surface area contributed by atoms with E-state index in [2.05, 4.69) is 11.1 Å². The number of nitro benzene ring substituents is 1. The zero-order chi connectivity index (χ0) is 24.8. The summed E-state index contributed by atoms with van der Waals surface area (Å²) < 4.78 is 0. The normalized spacial score (nSPS) is 23.2. The van der Waals surface area contributed by atoms with E-state index in [1.807, 2.05) is 23.1 Å². The Morgan fingerprint density at radius 2 is 1.61 bits per heavy atom. The first kappa shape index (κ1) is 22.8. The molecule has 1 N–H and O–H groups in total. The first-order chi connectivity index (χ1) is 17.5. The van der Waals surface area contributed by atoms with Crippen LogP contribution in [-0.4, -0.2) is 50.1 Å².